The number of aromatic nitrogens is 4. The van der Waals surface area contributed by atoms with Crippen molar-refractivity contribution in [3.8, 4) is 0 Å². The number of nitrogens with zero attached hydrogens (tertiary/aromatic N) is 4. The standard InChI is InChI=1S/C20H17Cl2N5/c1-27(12-13-3-2-4-16(21)6-13)20-25-8-14(9-26-20)5-15-10-23-19-18(15)7-17(22)11-24-19/h2-4,6-11H,5,12H2,1H3,(H,23,24). The Kier molecular flexibility index (Phi) is 4.97. The maximum Gasteiger partial charge on any atom is 0.225 e. The highest BCUT2D eigenvalue weighted by atomic mass is 35.5. The van der Waals surface area contributed by atoms with Crippen molar-refractivity contribution >= 4 is 40.2 Å². The summed E-state index contributed by atoms with van der Waals surface area (Å²) in [5.41, 5.74) is 4.08. The largest absolute Gasteiger partial charge is 0.346 e. The minimum Gasteiger partial charge on any atom is -0.346 e. The molecule has 7 heteroatoms. The van der Waals surface area contributed by atoms with Gasteiger partial charge in [0.25, 0.3) is 0 Å². The van der Waals surface area contributed by atoms with Crippen molar-refractivity contribution in [1.82, 2.24) is 19.9 Å². The van der Waals surface area contributed by atoms with E-state index in [0.717, 1.165) is 32.7 Å². The average Bonchev–Trinajstić information content (AvgIpc) is 3.04. The molecule has 0 spiro atoms. The van der Waals surface area contributed by atoms with E-state index in [2.05, 4.69) is 19.9 Å². The first-order valence-corrected chi connectivity index (χ1v) is 9.22. The summed E-state index contributed by atoms with van der Waals surface area (Å²) >= 11 is 12.1. The van der Waals surface area contributed by atoms with Crippen LogP contribution in [0.25, 0.3) is 11.0 Å². The van der Waals surface area contributed by atoms with E-state index in [9.17, 15) is 0 Å². The summed E-state index contributed by atoms with van der Waals surface area (Å²) in [5, 5.41) is 2.37. The Morgan fingerprint density at radius 2 is 1.78 bits per heavy atom. The van der Waals surface area contributed by atoms with Crippen molar-refractivity contribution in [2.24, 2.45) is 0 Å². The molecule has 0 saturated carbocycles. The van der Waals surface area contributed by atoms with Gasteiger partial charge >= 0.3 is 0 Å². The van der Waals surface area contributed by atoms with Crippen molar-refractivity contribution < 1.29 is 0 Å². The number of fused-ring (bicyclic) bond motifs is 1. The molecule has 0 atom stereocenters. The van der Waals surface area contributed by atoms with Gasteiger partial charge in [0.1, 0.15) is 5.65 Å². The molecule has 0 unspecified atom stereocenters. The lowest BCUT2D eigenvalue weighted by Gasteiger charge is -2.17. The second-order valence-electron chi connectivity index (χ2n) is 6.42. The van der Waals surface area contributed by atoms with Crippen molar-refractivity contribution in [2.45, 2.75) is 13.0 Å². The number of pyridine rings is 1. The Bertz CT molecular complexity index is 1080. The van der Waals surface area contributed by atoms with E-state index < -0.39 is 0 Å². The first kappa shape index (κ1) is 17.8. The molecule has 0 radical (unpaired) electrons. The number of aromatic amines is 1. The van der Waals surface area contributed by atoms with Crippen LogP contribution in [0.1, 0.15) is 16.7 Å². The van der Waals surface area contributed by atoms with Gasteiger partial charge in [-0.05, 0) is 34.9 Å². The number of hydrogen-bond acceptors (Lipinski definition) is 4. The van der Waals surface area contributed by atoms with Gasteiger partial charge in [-0.2, -0.15) is 0 Å². The molecule has 3 aromatic heterocycles. The molecule has 1 N–H and O–H groups in total. The molecule has 0 aliphatic heterocycles. The van der Waals surface area contributed by atoms with Gasteiger partial charge in [0.15, 0.2) is 0 Å². The van der Waals surface area contributed by atoms with Crippen LogP contribution in [0, 0.1) is 0 Å². The lowest BCUT2D eigenvalue weighted by Crippen LogP contribution is -2.19. The van der Waals surface area contributed by atoms with Gasteiger partial charge < -0.3 is 9.88 Å². The van der Waals surface area contributed by atoms with E-state index in [4.69, 9.17) is 23.2 Å². The topological polar surface area (TPSA) is 57.7 Å². The average molecular weight is 398 g/mol. The smallest absolute Gasteiger partial charge is 0.225 e. The predicted octanol–water partition coefficient (Wildman–Crippen LogP) is 4.89. The van der Waals surface area contributed by atoms with Crippen LogP contribution >= 0.6 is 23.2 Å². The Balaban J connectivity index is 1.49. The second-order valence-corrected chi connectivity index (χ2v) is 7.29. The Morgan fingerprint density at radius 3 is 2.56 bits per heavy atom. The Labute approximate surface area is 167 Å². The van der Waals surface area contributed by atoms with Crippen LogP contribution in [0.2, 0.25) is 10.0 Å². The fraction of sp³-hybridized carbons (Fsp3) is 0.150. The number of anilines is 1. The molecule has 0 aliphatic carbocycles. The van der Waals surface area contributed by atoms with E-state index in [0.29, 0.717) is 23.9 Å². The van der Waals surface area contributed by atoms with Crippen LogP contribution < -0.4 is 4.90 Å². The molecule has 5 nitrogen and oxygen atoms in total. The maximum absolute atomic E-state index is 6.07. The second kappa shape index (κ2) is 7.55. The Hall–Kier alpha value is -2.63. The first-order valence-electron chi connectivity index (χ1n) is 8.46. The normalized spacial score (nSPS) is 11.1. The van der Waals surface area contributed by atoms with Crippen molar-refractivity contribution in [1.29, 1.82) is 0 Å². The number of nitrogens with one attached hydrogen (secondary N) is 1. The van der Waals surface area contributed by atoms with E-state index in [1.165, 1.54) is 0 Å². The molecule has 136 valence electrons. The molecule has 0 fully saturated rings. The van der Waals surface area contributed by atoms with Gasteiger partial charge in [-0.3, -0.25) is 0 Å². The summed E-state index contributed by atoms with van der Waals surface area (Å²) in [6.45, 7) is 0.687. The highest BCUT2D eigenvalue weighted by Gasteiger charge is 2.09. The van der Waals surface area contributed by atoms with Crippen LogP contribution in [0.4, 0.5) is 5.95 Å². The highest BCUT2D eigenvalue weighted by Crippen LogP contribution is 2.22. The lowest BCUT2D eigenvalue weighted by atomic mass is 10.1. The van der Waals surface area contributed by atoms with Gasteiger partial charge in [0, 0.05) is 55.2 Å². The lowest BCUT2D eigenvalue weighted by molar-refractivity contribution is 0.861. The Morgan fingerprint density at radius 1 is 0.963 bits per heavy atom. The maximum atomic E-state index is 6.07. The number of benzene rings is 1. The predicted molar refractivity (Wildman–Crippen MR) is 110 cm³/mol. The van der Waals surface area contributed by atoms with E-state index >= 15 is 0 Å². The minimum absolute atomic E-state index is 0.623. The third kappa shape index (κ3) is 4.04. The zero-order chi connectivity index (χ0) is 18.8. The quantitative estimate of drug-likeness (QED) is 0.520. The van der Waals surface area contributed by atoms with Crippen LogP contribution in [0.3, 0.4) is 0 Å². The number of H-pyrrole nitrogens is 1. The molecule has 0 aliphatic rings. The van der Waals surface area contributed by atoms with E-state index in [1.54, 1.807) is 6.20 Å². The number of hydrogen-bond donors (Lipinski definition) is 1. The molecule has 1 aromatic carbocycles. The molecule has 27 heavy (non-hydrogen) atoms. The van der Waals surface area contributed by atoms with Gasteiger partial charge in [-0.1, -0.05) is 35.3 Å². The van der Waals surface area contributed by atoms with E-state index in [-0.39, 0.29) is 0 Å². The molecule has 4 rings (SSSR count). The summed E-state index contributed by atoms with van der Waals surface area (Å²) in [6, 6.07) is 9.71. The molecule has 0 bridgehead atoms. The summed E-state index contributed by atoms with van der Waals surface area (Å²) < 4.78 is 0. The van der Waals surface area contributed by atoms with Crippen LogP contribution in [-0.4, -0.2) is 27.0 Å². The number of rotatable bonds is 5. The molecule has 4 aromatic rings. The monoisotopic (exact) mass is 397 g/mol. The van der Waals surface area contributed by atoms with Gasteiger partial charge in [-0.25, -0.2) is 15.0 Å². The number of halogens is 2. The summed E-state index contributed by atoms with van der Waals surface area (Å²) in [5.74, 6) is 0.669. The van der Waals surface area contributed by atoms with Crippen LogP contribution in [-0.2, 0) is 13.0 Å². The van der Waals surface area contributed by atoms with Crippen LogP contribution in [0.15, 0.2) is 55.1 Å². The highest BCUT2D eigenvalue weighted by molar-refractivity contribution is 6.31. The van der Waals surface area contributed by atoms with Crippen molar-refractivity contribution in [2.75, 3.05) is 11.9 Å². The summed E-state index contributed by atoms with van der Waals surface area (Å²) in [6.07, 6.45) is 8.01. The van der Waals surface area contributed by atoms with Gasteiger partial charge in [-0.15, -0.1) is 0 Å². The van der Waals surface area contributed by atoms with Gasteiger partial charge in [0.2, 0.25) is 5.95 Å². The van der Waals surface area contributed by atoms with Crippen molar-refractivity contribution in [3.63, 3.8) is 0 Å². The minimum atomic E-state index is 0.623. The molecule has 3 heterocycles. The fourth-order valence-electron chi connectivity index (χ4n) is 3.01. The fourth-order valence-corrected chi connectivity index (χ4v) is 3.39. The van der Waals surface area contributed by atoms with Gasteiger partial charge in [0.05, 0.1) is 5.02 Å². The molecule has 0 amide bonds. The SMILES string of the molecule is CN(Cc1cccc(Cl)c1)c1ncc(Cc2c[nH]c3ncc(Cl)cc23)cn1. The zero-order valence-electron chi connectivity index (χ0n) is 14.7. The molecule has 0 saturated heterocycles. The first-order chi connectivity index (χ1) is 13.1. The van der Waals surface area contributed by atoms with Crippen LogP contribution in [0.5, 0.6) is 0 Å². The summed E-state index contributed by atoms with van der Waals surface area (Å²) in [4.78, 5) is 18.5. The van der Waals surface area contributed by atoms with Crippen molar-refractivity contribution in [3.05, 3.63) is 81.9 Å². The molecular weight excluding hydrogens is 381 g/mol. The third-order valence-electron chi connectivity index (χ3n) is 4.32. The molecular formula is C20H17Cl2N5. The zero-order valence-corrected chi connectivity index (χ0v) is 16.2. The third-order valence-corrected chi connectivity index (χ3v) is 4.76. The summed E-state index contributed by atoms with van der Waals surface area (Å²) in [7, 11) is 1.96. The van der Waals surface area contributed by atoms with E-state index in [1.807, 2.05) is 60.9 Å².